The summed E-state index contributed by atoms with van der Waals surface area (Å²) in [4.78, 5) is 11.6. The molecule has 0 spiro atoms. The topological polar surface area (TPSA) is 84.5 Å². The van der Waals surface area contributed by atoms with Gasteiger partial charge in [-0.3, -0.25) is 4.79 Å². The molecule has 1 amide bonds. The van der Waals surface area contributed by atoms with Crippen molar-refractivity contribution in [3.05, 3.63) is 23.2 Å². The van der Waals surface area contributed by atoms with Gasteiger partial charge in [0.05, 0.1) is 9.92 Å². The van der Waals surface area contributed by atoms with Gasteiger partial charge in [-0.25, -0.2) is 13.1 Å². The van der Waals surface area contributed by atoms with E-state index in [0.29, 0.717) is 6.54 Å². The van der Waals surface area contributed by atoms with Crippen molar-refractivity contribution in [3.63, 3.8) is 0 Å². The quantitative estimate of drug-likeness (QED) is 0.660. The summed E-state index contributed by atoms with van der Waals surface area (Å²) in [6.07, 6.45) is 1.66. The molecule has 2 N–H and O–H groups in total. The highest BCUT2D eigenvalue weighted by Crippen LogP contribution is 2.27. The number of rotatable bonds is 9. The Morgan fingerprint density at radius 1 is 1.35 bits per heavy atom. The number of benzene rings is 1. The number of carbonyl (C=O) groups excluding carboxylic acids is 1. The molecule has 0 saturated carbocycles. The van der Waals surface area contributed by atoms with Gasteiger partial charge >= 0.3 is 0 Å². The van der Waals surface area contributed by atoms with Gasteiger partial charge in [-0.2, -0.15) is 0 Å². The summed E-state index contributed by atoms with van der Waals surface area (Å²) in [5, 5.41) is 2.82. The summed E-state index contributed by atoms with van der Waals surface area (Å²) in [6, 6.07) is 4.17. The van der Waals surface area contributed by atoms with Crippen LogP contribution in [0.1, 0.15) is 33.6 Å². The molecule has 6 nitrogen and oxygen atoms in total. The highest BCUT2D eigenvalue weighted by atomic mass is 35.5. The zero-order chi connectivity index (χ0) is 17.5. The third-order valence-electron chi connectivity index (χ3n) is 2.84. The van der Waals surface area contributed by atoms with Crippen molar-refractivity contribution < 1.29 is 17.9 Å². The average Bonchev–Trinajstić information content (AvgIpc) is 2.45. The van der Waals surface area contributed by atoms with Crippen LogP contribution < -0.4 is 14.8 Å². The summed E-state index contributed by atoms with van der Waals surface area (Å²) < 4.78 is 32.0. The van der Waals surface area contributed by atoms with E-state index in [1.165, 1.54) is 18.2 Å². The molecular formula is C15H23ClN2O4S. The predicted octanol–water partition coefficient (Wildman–Crippen LogP) is 2.32. The van der Waals surface area contributed by atoms with E-state index in [2.05, 4.69) is 10.0 Å². The van der Waals surface area contributed by atoms with Gasteiger partial charge in [-0.15, -0.1) is 0 Å². The van der Waals surface area contributed by atoms with E-state index in [0.717, 1.165) is 12.8 Å². The van der Waals surface area contributed by atoms with Crippen molar-refractivity contribution in [1.29, 1.82) is 0 Å². The molecule has 0 aliphatic heterocycles. The van der Waals surface area contributed by atoms with Crippen molar-refractivity contribution in [2.45, 2.75) is 44.6 Å². The molecule has 1 rings (SSSR count). The van der Waals surface area contributed by atoms with Crippen LogP contribution in [-0.4, -0.2) is 33.5 Å². The predicted molar refractivity (Wildman–Crippen MR) is 90.3 cm³/mol. The maximum Gasteiger partial charge on any atom is 0.258 e. The van der Waals surface area contributed by atoms with E-state index < -0.39 is 10.0 Å². The Hall–Kier alpha value is -1.31. The van der Waals surface area contributed by atoms with Crippen molar-refractivity contribution in [2.75, 3.05) is 13.2 Å². The van der Waals surface area contributed by atoms with Gasteiger partial charge in [0.15, 0.2) is 6.61 Å². The minimum absolute atomic E-state index is 0.0169. The summed E-state index contributed by atoms with van der Waals surface area (Å²) in [7, 11) is -3.59. The number of halogens is 1. The Bertz CT molecular complexity index is 632. The van der Waals surface area contributed by atoms with Crippen molar-refractivity contribution in [2.24, 2.45) is 0 Å². The molecular weight excluding hydrogens is 340 g/mol. The van der Waals surface area contributed by atoms with Crippen molar-refractivity contribution in [3.8, 4) is 5.75 Å². The molecule has 0 heterocycles. The summed E-state index contributed by atoms with van der Waals surface area (Å²) >= 11 is 6.04. The number of ether oxygens (including phenoxy) is 1. The first-order chi connectivity index (χ1) is 10.8. The summed E-state index contributed by atoms with van der Waals surface area (Å²) in [5.74, 6) is -0.00734. The van der Waals surface area contributed by atoms with Gasteiger partial charge < -0.3 is 10.1 Å². The third-order valence-corrected chi connectivity index (χ3v) is 4.60. The molecule has 8 heteroatoms. The van der Waals surface area contributed by atoms with Crippen LogP contribution in [0.4, 0.5) is 0 Å². The fourth-order valence-electron chi connectivity index (χ4n) is 1.74. The molecule has 23 heavy (non-hydrogen) atoms. The van der Waals surface area contributed by atoms with E-state index >= 15 is 0 Å². The SMILES string of the molecule is CCCCNS(=O)(=O)c1ccc(OCC(=O)NC(C)C)c(Cl)c1. The van der Waals surface area contributed by atoms with Crippen LogP contribution in [0.5, 0.6) is 5.75 Å². The Kier molecular flexibility index (Phi) is 7.81. The highest BCUT2D eigenvalue weighted by molar-refractivity contribution is 7.89. The van der Waals surface area contributed by atoms with E-state index in [-0.39, 0.29) is 34.2 Å². The minimum Gasteiger partial charge on any atom is -0.482 e. The molecule has 130 valence electrons. The Balaban J connectivity index is 2.72. The van der Waals surface area contributed by atoms with Gasteiger partial charge in [-0.05, 0) is 38.5 Å². The van der Waals surface area contributed by atoms with Crippen LogP contribution in [0.2, 0.25) is 5.02 Å². The Labute approximate surface area is 142 Å². The summed E-state index contributed by atoms with van der Waals surface area (Å²) in [6.45, 7) is 5.86. The fraction of sp³-hybridized carbons (Fsp3) is 0.533. The molecule has 0 aromatic heterocycles. The van der Waals surface area contributed by atoms with E-state index in [1.54, 1.807) is 0 Å². The van der Waals surface area contributed by atoms with Crippen LogP contribution in [0.25, 0.3) is 0 Å². The number of hydrogen-bond acceptors (Lipinski definition) is 4. The zero-order valence-corrected chi connectivity index (χ0v) is 15.1. The van der Waals surface area contributed by atoms with Crippen LogP contribution >= 0.6 is 11.6 Å². The lowest BCUT2D eigenvalue weighted by atomic mass is 10.3. The number of amides is 1. The number of sulfonamides is 1. The molecule has 0 aliphatic carbocycles. The highest BCUT2D eigenvalue weighted by Gasteiger charge is 2.16. The number of unbranched alkanes of at least 4 members (excludes halogenated alkanes) is 1. The standard InChI is InChI=1S/C15H23ClN2O4S/c1-4-5-8-17-23(20,21)12-6-7-14(13(16)9-12)22-10-15(19)18-11(2)3/h6-7,9,11,17H,4-5,8,10H2,1-3H3,(H,18,19). The lowest BCUT2D eigenvalue weighted by molar-refractivity contribution is -0.123. The second-order valence-electron chi connectivity index (χ2n) is 5.35. The second-order valence-corrected chi connectivity index (χ2v) is 7.53. The van der Waals surface area contributed by atoms with Crippen molar-refractivity contribution in [1.82, 2.24) is 10.0 Å². The van der Waals surface area contributed by atoms with Gasteiger partial charge in [0, 0.05) is 12.6 Å². The van der Waals surface area contributed by atoms with Crippen LogP contribution in [0.15, 0.2) is 23.1 Å². The average molecular weight is 363 g/mol. The third kappa shape index (κ3) is 6.76. The van der Waals surface area contributed by atoms with Crippen LogP contribution in [-0.2, 0) is 14.8 Å². The smallest absolute Gasteiger partial charge is 0.258 e. The van der Waals surface area contributed by atoms with Gasteiger partial charge in [0.25, 0.3) is 5.91 Å². The monoisotopic (exact) mass is 362 g/mol. The number of carbonyl (C=O) groups is 1. The Morgan fingerprint density at radius 2 is 2.04 bits per heavy atom. The van der Waals surface area contributed by atoms with Crippen LogP contribution in [0, 0.1) is 0 Å². The molecule has 0 unspecified atom stereocenters. The molecule has 0 aliphatic rings. The Morgan fingerprint density at radius 3 is 2.61 bits per heavy atom. The van der Waals surface area contributed by atoms with Crippen LogP contribution in [0.3, 0.4) is 0 Å². The van der Waals surface area contributed by atoms with Gasteiger partial charge in [0.2, 0.25) is 10.0 Å². The van der Waals surface area contributed by atoms with E-state index in [1.807, 2.05) is 20.8 Å². The zero-order valence-electron chi connectivity index (χ0n) is 13.6. The van der Waals surface area contributed by atoms with E-state index in [4.69, 9.17) is 16.3 Å². The lowest BCUT2D eigenvalue weighted by Gasteiger charge is -2.12. The molecule has 0 radical (unpaired) electrons. The maximum atomic E-state index is 12.1. The number of nitrogens with one attached hydrogen (secondary N) is 2. The molecule has 1 aromatic rings. The molecule has 0 bridgehead atoms. The molecule has 0 fully saturated rings. The summed E-state index contributed by atoms with van der Waals surface area (Å²) in [5.41, 5.74) is 0. The molecule has 0 atom stereocenters. The number of hydrogen-bond donors (Lipinski definition) is 2. The first-order valence-electron chi connectivity index (χ1n) is 7.47. The largest absolute Gasteiger partial charge is 0.482 e. The second kappa shape index (κ2) is 9.10. The lowest BCUT2D eigenvalue weighted by Crippen LogP contribution is -2.34. The van der Waals surface area contributed by atoms with Crippen molar-refractivity contribution >= 4 is 27.5 Å². The first kappa shape index (κ1) is 19.7. The van der Waals surface area contributed by atoms with Gasteiger partial charge in [-0.1, -0.05) is 24.9 Å². The minimum atomic E-state index is -3.59. The normalized spacial score (nSPS) is 11.5. The van der Waals surface area contributed by atoms with E-state index in [9.17, 15) is 13.2 Å². The first-order valence-corrected chi connectivity index (χ1v) is 9.33. The fourth-order valence-corrected chi connectivity index (χ4v) is 3.14. The molecule has 1 aromatic carbocycles. The maximum absolute atomic E-state index is 12.1. The molecule has 0 saturated heterocycles. The van der Waals surface area contributed by atoms with Gasteiger partial charge in [0.1, 0.15) is 5.75 Å².